The lowest BCUT2D eigenvalue weighted by atomic mass is 9.95. The first-order valence-electron chi connectivity index (χ1n) is 10.00. The summed E-state index contributed by atoms with van der Waals surface area (Å²) in [5, 5.41) is 4.16. The lowest BCUT2D eigenvalue weighted by Crippen LogP contribution is -2.38. The van der Waals surface area contributed by atoms with Crippen LogP contribution < -0.4 is 19.7 Å². The maximum atomic E-state index is 12.9. The molecular formula is C22H26N4O3S. The van der Waals surface area contributed by atoms with Gasteiger partial charge < -0.3 is 19.7 Å². The highest BCUT2D eigenvalue weighted by atomic mass is 32.1. The van der Waals surface area contributed by atoms with E-state index in [1.165, 1.54) is 10.4 Å². The molecule has 0 atom stereocenters. The van der Waals surface area contributed by atoms with E-state index in [1.54, 1.807) is 44.0 Å². The highest BCUT2D eigenvalue weighted by Crippen LogP contribution is 2.36. The number of benzene rings is 1. The molecule has 3 heterocycles. The zero-order chi connectivity index (χ0) is 21.3. The highest BCUT2D eigenvalue weighted by Gasteiger charge is 2.28. The van der Waals surface area contributed by atoms with Crippen LogP contribution in [-0.4, -0.2) is 43.2 Å². The van der Waals surface area contributed by atoms with E-state index in [0.29, 0.717) is 17.2 Å². The van der Waals surface area contributed by atoms with E-state index >= 15 is 0 Å². The minimum Gasteiger partial charge on any atom is -0.497 e. The number of piperidine rings is 1. The van der Waals surface area contributed by atoms with Gasteiger partial charge in [0.05, 0.1) is 25.3 Å². The van der Waals surface area contributed by atoms with Crippen LogP contribution in [0.5, 0.6) is 11.5 Å². The molecule has 0 aliphatic carbocycles. The Kier molecular flexibility index (Phi) is 5.76. The molecule has 1 aliphatic rings. The Balaban J connectivity index is 1.46. The number of aromatic nitrogens is 2. The van der Waals surface area contributed by atoms with Crippen LogP contribution in [0.25, 0.3) is 10.2 Å². The lowest BCUT2D eigenvalue weighted by molar-refractivity contribution is -0.120. The summed E-state index contributed by atoms with van der Waals surface area (Å²) in [6.45, 7) is 5.82. The molecule has 1 saturated heterocycles. The first-order chi connectivity index (χ1) is 14.5. The molecule has 1 N–H and O–H groups in total. The van der Waals surface area contributed by atoms with Gasteiger partial charge in [0.25, 0.3) is 0 Å². The van der Waals surface area contributed by atoms with Gasteiger partial charge in [-0.2, -0.15) is 0 Å². The Hall–Kier alpha value is -2.87. The van der Waals surface area contributed by atoms with E-state index in [-0.39, 0.29) is 11.8 Å². The number of hydrogen-bond donors (Lipinski definition) is 1. The second-order valence-corrected chi connectivity index (χ2v) is 8.68. The maximum absolute atomic E-state index is 12.9. The molecule has 3 aromatic rings. The molecule has 8 heteroatoms. The van der Waals surface area contributed by atoms with Crippen molar-refractivity contribution in [3.8, 4) is 11.5 Å². The van der Waals surface area contributed by atoms with Gasteiger partial charge in [-0.3, -0.25) is 4.79 Å². The normalized spacial score (nSPS) is 14.7. The number of hydrogen-bond acceptors (Lipinski definition) is 7. The van der Waals surface area contributed by atoms with Crippen LogP contribution >= 0.6 is 11.3 Å². The number of fused-ring (bicyclic) bond motifs is 1. The lowest BCUT2D eigenvalue weighted by Gasteiger charge is -2.32. The number of nitrogens with zero attached hydrogens (tertiary/aromatic N) is 3. The van der Waals surface area contributed by atoms with E-state index in [4.69, 9.17) is 9.47 Å². The number of rotatable bonds is 5. The monoisotopic (exact) mass is 426 g/mol. The van der Waals surface area contributed by atoms with Crippen molar-refractivity contribution in [1.82, 2.24) is 9.97 Å². The van der Waals surface area contributed by atoms with Crippen LogP contribution in [0.1, 0.15) is 23.3 Å². The van der Waals surface area contributed by atoms with Crippen molar-refractivity contribution in [3.63, 3.8) is 0 Å². The summed E-state index contributed by atoms with van der Waals surface area (Å²) in [6, 6.07) is 5.39. The molecule has 1 amide bonds. The van der Waals surface area contributed by atoms with Gasteiger partial charge in [-0.25, -0.2) is 9.97 Å². The SMILES string of the molecule is COc1ccc(OC)c(NC(=O)C2CCN(c3ncnc4sc(C)c(C)c34)CC2)c1. The van der Waals surface area contributed by atoms with Gasteiger partial charge in [-0.1, -0.05) is 0 Å². The van der Waals surface area contributed by atoms with Gasteiger partial charge in [-0.05, 0) is 44.4 Å². The van der Waals surface area contributed by atoms with Gasteiger partial charge in [0, 0.05) is 30.0 Å². The number of ether oxygens (including phenoxy) is 2. The predicted molar refractivity (Wildman–Crippen MR) is 120 cm³/mol. The van der Waals surface area contributed by atoms with Crippen molar-refractivity contribution in [3.05, 3.63) is 35.0 Å². The average molecular weight is 427 g/mol. The summed E-state index contributed by atoms with van der Waals surface area (Å²) < 4.78 is 10.6. The molecule has 4 rings (SSSR count). The second-order valence-electron chi connectivity index (χ2n) is 7.48. The molecule has 30 heavy (non-hydrogen) atoms. The molecule has 158 valence electrons. The van der Waals surface area contributed by atoms with E-state index in [0.717, 1.165) is 42.0 Å². The number of anilines is 2. The largest absolute Gasteiger partial charge is 0.497 e. The summed E-state index contributed by atoms with van der Waals surface area (Å²) in [5.74, 6) is 2.23. The third kappa shape index (κ3) is 3.79. The van der Waals surface area contributed by atoms with Crippen LogP contribution in [0.15, 0.2) is 24.5 Å². The molecule has 0 unspecified atom stereocenters. The second kappa shape index (κ2) is 8.47. The Bertz CT molecular complexity index is 1070. The number of methoxy groups -OCH3 is 2. The van der Waals surface area contributed by atoms with Crippen molar-refractivity contribution in [1.29, 1.82) is 0 Å². The quantitative estimate of drug-likeness (QED) is 0.660. The summed E-state index contributed by atoms with van der Waals surface area (Å²) in [5.41, 5.74) is 1.88. The fraction of sp³-hybridized carbons (Fsp3) is 0.409. The number of nitrogens with one attached hydrogen (secondary N) is 1. The predicted octanol–water partition coefficient (Wildman–Crippen LogP) is 4.18. The van der Waals surface area contributed by atoms with Gasteiger partial charge in [0.15, 0.2) is 0 Å². The fourth-order valence-corrected chi connectivity index (χ4v) is 4.90. The molecule has 0 radical (unpaired) electrons. The van der Waals surface area contributed by atoms with Crippen molar-refractivity contribution in [2.24, 2.45) is 5.92 Å². The molecule has 7 nitrogen and oxygen atoms in total. The van der Waals surface area contributed by atoms with Crippen molar-refractivity contribution in [2.75, 3.05) is 37.5 Å². The number of amides is 1. The number of aryl methyl sites for hydroxylation is 2. The highest BCUT2D eigenvalue weighted by molar-refractivity contribution is 7.18. The topological polar surface area (TPSA) is 76.6 Å². The maximum Gasteiger partial charge on any atom is 0.227 e. The van der Waals surface area contributed by atoms with Crippen LogP contribution in [0.3, 0.4) is 0 Å². The Morgan fingerprint density at radius 2 is 1.93 bits per heavy atom. The summed E-state index contributed by atoms with van der Waals surface area (Å²) in [6.07, 6.45) is 3.18. The smallest absolute Gasteiger partial charge is 0.227 e. The third-order valence-electron chi connectivity index (χ3n) is 5.78. The van der Waals surface area contributed by atoms with Gasteiger partial charge >= 0.3 is 0 Å². The molecule has 1 aliphatic heterocycles. The molecule has 0 spiro atoms. The Labute approximate surface area is 180 Å². The molecule has 0 bridgehead atoms. The molecular weight excluding hydrogens is 400 g/mol. The van der Waals surface area contributed by atoms with E-state index in [1.807, 2.05) is 6.07 Å². The molecule has 2 aromatic heterocycles. The standard InChI is InChI=1S/C22H26N4O3S/c1-13-14(2)30-22-19(13)20(23-12-24-22)26-9-7-15(8-10-26)21(27)25-17-11-16(28-3)5-6-18(17)29-4/h5-6,11-12,15H,7-10H2,1-4H3,(H,25,27). The molecule has 0 saturated carbocycles. The minimum absolute atomic E-state index is 0.0107. The third-order valence-corrected chi connectivity index (χ3v) is 6.89. The summed E-state index contributed by atoms with van der Waals surface area (Å²) >= 11 is 1.71. The molecule has 1 fully saturated rings. The van der Waals surface area contributed by atoms with Crippen molar-refractivity contribution >= 4 is 39.0 Å². The van der Waals surface area contributed by atoms with Crippen LogP contribution in [0.4, 0.5) is 11.5 Å². The average Bonchev–Trinajstić information content (AvgIpc) is 3.07. The zero-order valence-corrected chi connectivity index (χ0v) is 18.5. The van der Waals surface area contributed by atoms with Crippen molar-refractivity contribution in [2.45, 2.75) is 26.7 Å². The fourth-order valence-electron chi connectivity index (χ4n) is 3.90. The summed E-state index contributed by atoms with van der Waals surface area (Å²) in [7, 11) is 3.19. The van der Waals surface area contributed by atoms with Gasteiger partial charge in [0.2, 0.25) is 5.91 Å². The van der Waals surface area contributed by atoms with E-state index in [9.17, 15) is 4.79 Å². The Morgan fingerprint density at radius 3 is 2.63 bits per heavy atom. The van der Waals surface area contributed by atoms with Crippen LogP contribution in [0, 0.1) is 19.8 Å². The molecule has 1 aromatic carbocycles. The van der Waals surface area contributed by atoms with Gasteiger partial charge in [-0.15, -0.1) is 11.3 Å². The van der Waals surface area contributed by atoms with E-state index in [2.05, 4.69) is 34.0 Å². The number of carbonyl (C=O) groups is 1. The summed E-state index contributed by atoms with van der Waals surface area (Å²) in [4.78, 5) is 26.5. The van der Waals surface area contributed by atoms with Gasteiger partial charge in [0.1, 0.15) is 28.5 Å². The Morgan fingerprint density at radius 1 is 1.17 bits per heavy atom. The van der Waals surface area contributed by atoms with Crippen molar-refractivity contribution < 1.29 is 14.3 Å². The zero-order valence-electron chi connectivity index (χ0n) is 17.7. The minimum atomic E-state index is -0.0557. The van der Waals surface area contributed by atoms with Crippen LogP contribution in [0.2, 0.25) is 0 Å². The number of carbonyl (C=O) groups excluding carboxylic acids is 1. The number of thiophene rings is 1. The van der Waals surface area contributed by atoms with Crippen LogP contribution in [-0.2, 0) is 4.79 Å². The first-order valence-corrected chi connectivity index (χ1v) is 10.8. The first kappa shape index (κ1) is 20.4. The van der Waals surface area contributed by atoms with E-state index < -0.39 is 0 Å².